The third-order valence-electron chi connectivity index (χ3n) is 3.76. The minimum absolute atomic E-state index is 0.166. The molecule has 1 aromatic carbocycles. The monoisotopic (exact) mass is 389 g/mol. The number of nitrogens with one attached hydrogen (secondary N) is 1. The smallest absolute Gasteiger partial charge is 0.274 e. The van der Waals surface area contributed by atoms with Gasteiger partial charge in [0, 0.05) is 30.7 Å². The first-order chi connectivity index (χ1) is 11.7. The van der Waals surface area contributed by atoms with Crippen molar-refractivity contribution in [3.63, 3.8) is 0 Å². The van der Waals surface area contributed by atoms with E-state index < -0.39 is 0 Å². The molecule has 1 aromatic heterocycles. The molecule has 7 nitrogen and oxygen atoms in total. The van der Waals surface area contributed by atoms with Crippen LogP contribution in [0.3, 0.4) is 0 Å². The number of carbonyl (C=O) groups is 2. The number of hydrogen-bond donors (Lipinski definition) is 1. The van der Waals surface area contributed by atoms with Crippen molar-refractivity contribution < 1.29 is 9.59 Å². The van der Waals surface area contributed by atoms with Crippen molar-refractivity contribution in [2.45, 2.75) is 0 Å². The summed E-state index contributed by atoms with van der Waals surface area (Å²) in [6, 6.07) is 7.68. The molecule has 1 aliphatic heterocycles. The lowest BCUT2D eigenvalue weighted by Gasteiger charge is -2.32. The molecule has 1 aliphatic rings. The van der Waals surface area contributed by atoms with E-state index in [1.807, 2.05) is 24.3 Å². The third kappa shape index (κ3) is 3.70. The number of benzene rings is 1. The molecule has 1 fully saturated rings. The molecule has 1 N–H and O–H groups in total. The summed E-state index contributed by atoms with van der Waals surface area (Å²) in [6.07, 6.45) is 3.81. The van der Waals surface area contributed by atoms with Gasteiger partial charge in [-0.05, 0) is 28.1 Å². The van der Waals surface area contributed by atoms with Gasteiger partial charge in [0.05, 0.1) is 18.1 Å². The second-order valence-corrected chi connectivity index (χ2v) is 6.18. The van der Waals surface area contributed by atoms with Gasteiger partial charge in [-0.15, -0.1) is 0 Å². The second-order valence-electron chi connectivity index (χ2n) is 5.33. The number of halogens is 1. The van der Waals surface area contributed by atoms with Crippen molar-refractivity contribution in [3.8, 4) is 0 Å². The molecule has 24 heavy (non-hydrogen) atoms. The van der Waals surface area contributed by atoms with Crippen LogP contribution >= 0.6 is 15.9 Å². The Morgan fingerprint density at radius 3 is 2.50 bits per heavy atom. The Kier molecular flexibility index (Phi) is 5.05. The highest BCUT2D eigenvalue weighted by molar-refractivity contribution is 9.10. The fourth-order valence-corrected chi connectivity index (χ4v) is 2.78. The van der Waals surface area contributed by atoms with E-state index in [9.17, 15) is 9.59 Å². The highest BCUT2D eigenvalue weighted by Crippen LogP contribution is 2.24. The largest absolute Gasteiger partial charge is 0.342 e. The number of amides is 2. The SMILES string of the molecule is O=CN1CCN(C(=O)c2cnc(Nc3ccccc3Br)cn2)CC1. The molecule has 8 heteroatoms. The Balaban J connectivity index is 1.65. The number of nitrogens with zero attached hydrogens (tertiary/aromatic N) is 4. The number of para-hydroxylation sites is 1. The molecule has 0 unspecified atom stereocenters. The van der Waals surface area contributed by atoms with Crippen LogP contribution in [0.1, 0.15) is 10.5 Å². The predicted molar refractivity (Wildman–Crippen MR) is 93.0 cm³/mol. The second kappa shape index (κ2) is 7.39. The summed E-state index contributed by atoms with van der Waals surface area (Å²) in [4.78, 5) is 34.9. The lowest BCUT2D eigenvalue weighted by Crippen LogP contribution is -2.48. The molecule has 3 rings (SSSR count). The molecule has 0 atom stereocenters. The number of carbonyl (C=O) groups excluding carboxylic acids is 2. The third-order valence-corrected chi connectivity index (χ3v) is 4.45. The lowest BCUT2D eigenvalue weighted by atomic mass is 10.3. The standard InChI is InChI=1S/C16H16BrN5O2/c17-12-3-1-2-4-13(12)20-15-10-18-14(9-19-15)16(24)22-7-5-21(11-23)6-8-22/h1-4,9-11H,5-8H2,(H,19,20). The Morgan fingerprint density at radius 1 is 1.12 bits per heavy atom. The Labute approximate surface area is 147 Å². The maximum Gasteiger partial charge on any atom is 0.274 e. The fraction of sp³-hybridized carbons (Fsp3) is 0.250. The van der Waals surface area contributed by atoms with Crippen LogP contribution in [0.15, 0.2) is 41.1 Å². The fourth-order valence-electron chi connectivity index (χ4n) is 2.40. The molecule has 124 valence electrons. The van der Waals surface area contributed by atoms with Crippen molar-refractivity contribution in [1.82, 2.24) is 19.8 Å². The van der Waals surface area contributed by atoms with Gasteiger partial charge in [-0.25, -0.2) is 9.97 Å². The zero-order valence-corrected chi connectivity index (χ0v) is 14.4. The van der Waals surface area contributed by atoms with Gasteiger partial charge in [-0.3, -0.25) is 9.59 Å². The van der Waals surface area contributed by atoms with Crippen LogP contribution in [0, 0.1) is 0 Å². The van der Waals surface area contributed by atoms with Gasteiger partial charge in [0.25, 0.3) is 5.91 Å². The van der Waals surface area contributed by atoms with Gasteiger partial charge in [-0.1, -0.05) is 12.1 Å². The topological polar surface area (TPSA) is 78.4 Å². The first-order valence-corrected chi connectivity index (χ1v) is 8.29. The number of anilines is 2. The van der Waals surface area contributed by atoms with Crippen LogP contribution in [0.2, 0.25) is 0 Å². The average Bonchev–Trinajstić information content (AvgIpc) is 2.64. The van der Waals surface area contributed by atoms with Gasteiger partial charge in [0.1, 0.15) is 11.5 Å². The van der Waals surface area contributed by atoms with E-state index in [-0.39, 0.29) is 5.91 Å². The van der Waals surface area contributed by atoms with Gasteiger partial charge in [-0.2, -0.15) is 0 Å². The van der Waals surface area contributed by atoms with E-state index in [1.165, 1.54) is 12.4 Å². The van der Waals surface area contributed by atoms with Crippen molar-refractivity contribution in [2.24, 2.45) is 0 Å². The van der Waals surface area contributed by atoms with Crippen LogP contribution in [-0.4, -0.2) is 58.3 Å². The number of aromatic nitrogens is 2. The average molecular weight is 390 g/mol. The van der Waals surface area contributed by atoms with E-state index >= 15 is 0 Å². The van der Waals surface area contributed by atoms with Crippen LogP contribution in [-0.2, 0) is 4.79 Å². The van der Waals surface area contributed by atoms with E-state index in [0.29, 0.717) is 37.7 Å². The molecule has 2 aromatic rings. The summed E-state index contributed by atoms with van der Waals surface area (Å²) in [6.45, 7) is 2.11. The first kappa shape index (κ1) is 16.4. The van der Waals surface area contributed by atoms with Crippen molar-refractivity contribution in [3.05, 3.63) is 46.8 Å². The van der Waals surface area contributed by atoms with Crippen molar-refractivity contribution in [1.29, 1.82) is 0 Å². The zero-order valence-electron chi connectivity index (χ0n) is 12.9. The highest BCUT2D eigenvalue weighted by atomic mass is 79.9. The van der Waals surface area contributed by atoms with Crippen LogP contribution in [0.4, 0.5) is 11.5 Å². The Morgan fingerprint density at radius 2 is 1.88 bits per heavy atom. The molecular formula is C16H16BrN5O2. The normalized spacial score (nSPS) is 14.4. The van der Waals surface area contributed by atoms with Gasteiger partial charge >= 0.3 is 0 Å². The Bertz CT molecular complexity index is 730. The quantitative estimate of drug-likeness (QED) is 0.807. The number of piperazine rings is 1. The lowest BCUT2D eigenvalue weighted by molar-refractivity contribution is -0.119. The molecule has 0 radical (unpaired) electrons. The minimum atomic E-state index is -0.166. The predicted octanol–water partition coefficient (Wildman–Crippen LogP) is 1.90. The molecule has 2 heterocycles. The zero-order chi connectivity index (χ0) is 16.9. The summed E-state index contributed by atoms with van der Waals surface area (Å²) in [5.74, 6) is 0.393. The molecular weight excluding hydrogens is 374 g/mol. The van der Waals surface area contributed by atoms with Crippen LogP contribution < -0.4 is 5.32 Å². The summed E-state index contributed by atoms with van der Waals surface area (Å²) in [7, 11) is 0. The summed E-state index contributed by atoms with van der Waals surface area (Å²) in [5, 5.41) is 3.14. The van der Waals surface area contributed by atoms with E-state index in [4.69, 9.17) is 0 Å². The van der Waals surface area contributed by atoms with Gasteiger partial charge < -0.3 is 15.1 Å². The maximum atomic E-state index is 12.4. The first-order valence-electron chi connectivity index (χ1n) is 7.49. The van der Waals surface area contributed by atoms with E-state index in [0.717, 1.165) is 16.6 Å². The molecule has 2 amide bonds. The molecule has 0 saturated carbocycles. The van der Waals surface area contributed by atoms with E-state index in [2.05, 4.69) is 31.2 Å². The maximum absolute atomic E-state index is 12.4. The van der Waals surface area contributed by atoms with Crippen LogP contribution in [0.5, 0.6) is 0 Å². The molecule has 0 aliphatic carbocycles. The van der Waals surface area contributed by atoms with Gasteiger partial charge in [0.2, 0.25) is 6.41 Å². The number of rotatable bonds is 4. The minimum Gasteiger partial charge on any atom is -0.342 e. The van der Waals surface area contributed by atoms with Crippen LogP contribution in [0.25, 0.3) is 0 Å². The summed E-state index contributed by atoms with van der Waals surface area (Å²) >= 11 is 3.45. The summed E-state index contributed by atoms with van der Waals surface area (Å²) in [5.41, 5.74) is 1.17. The molecule has 0 bridgehead atoms. The molecule has 0 spiro atoms. The Hall–Kier alpha value is -2.48. The summed E-state index contributed by atoms with van der Waals surface area (Å²) < 4.78 is 0.917. The highest BCUT2D eigenvalue weighted by Gasteiger charge is 2.22. The molecule has 1 saturated heterocycles. The van der Waals surface area contributed by atoms with Gasteiger partial charge in [0.15, 0.2) is 0 Å². The van der Waals surface area contributed by atoms with Crippen molar-refractivity contribution >= 4 is 39.8 Å². The number of hydrogen-bond acceptors (Lipinski definition) is 5. The van der Waals surface area contributed by atoms with Crippen molar-refractivity contribution in [2.75, 3.05) is 31.5 Å². The van der Waals surface area contributed by atoms with E-state index in [1.54, 1.807) is 9.80 Å².